The lowest BCUT2D eigenvalue weighted by Crippen LogP contribution is -2.50. The van der Waals surface area contributed by atoms with Crippen molar-refractivity contribution in [2.45, 2.75) is 0 Å². The first-order valence-electron chi connectivity index (χ1n) is 9.06. The number of nitrogens with zero attached hydrogens (tertiary/aromatic N) is 2. The topological polar surface area (TPSA) is 65.6 Å². The van der Waals surface area contributed by atoms with Crippen LogP contribution in [0.1, 0.15) is 20.8 Å². The van der Waals surface area contributed by atoms with Gasteiger partial charge < -0.3 is 19.5 Å². The van der Waals surface area contributed by atoms with E-state index in [1.807, 2.05) is 48.5 Å². The average Bonchev–Trinajstić information content (AvgIpc) is 3.16. The molecule has 1 saturated heterocycles. The van der Waals surface area contributed by atoms with Gasteiger partial charge >= 0.3 is 0 Å². The molecule has 0 bridgehead atoms. The largest absolute Gasteiger partial charge is 0.497 e. The number of fused-ring (bicyclic) bond motifs is 1. The van der Waals surface area contributed by atoms with E-state index >= 15 is 0 Å². The molecule has 4 rings (SSSR count). The quantitative estimate of drug-likeness (QED) is 0.675. The SMILES string of the molecule is COc1ccc2[nH]c(C(=O)N3CCN(C(=O)c4ccc(Br)cc4)CC3)cc2c1. The maximum atomic E-state index is 12.9. The second kappa shape index (κ2) is 7.67. The Hall–Kier alpha value is -2.80. The van der Waals surface area contributed by atoms with Crippen LogP contribution in [0.4, 0.5) is 0 Å². The zero-order chi connectivity index (χ0) is 19.7. The number of aromatic amines is 1. The predicted molar refractivity (Wildman–Crippen MR) is 111 cm³/mol. The summed E-state index contributed by atoms with van der Waals surface area (Å²) in [4.78, 5) is 32.2. The van der Waals surface area contributed by atoms with Gasteiger partial charge in [-0.3, -0.25) is 9.59 Å². The number of ether oxygens (including phenoxy) is 1. The highest BCUT2D eigenvalue weighted by molar-refractivity contribution is 9.10. The molecule has 0 saturated carbocycles. The fourth-order valence-corrected chi connectivity index (χ4v) is 3.68. The summed E-state index contributed by atoms with van der Waals surface area (Å²) in [5.74, 6) is 0.703. The molecular weight excluding hydrogens is 422 g/mol. The Morgan fingerprint density at radius 1 is 0.929 bits per heavy atom. The summed E-state index contributed by atoms with van der Waals surface area (Å²) in [5, 5.41) is 0.937. The number of halogens is 1. The molecule has 28 heavy (non-hydrogen) atoms. The zero-order valence-electron chi connectivity index (χ0n) is 15.4. The monoisotopic (exact) mass is 441 g/mol. The standard InChI is InChI=1S/C21H20BrN3O3/c1-28-17-6-7-18-15(12-17)13-19(23-18)21(27)25-10-8-24(9-11-25)20(26)14-2-4-16(22)5-3-14/h2-7,12-13,23H,8-11H2,1H3. The minimum Gasteiger partial charge on any atom is -0.497 e. The van der Waals surface area contributed by atoms with Gasteiger partial charge in [0.2, 0.25) is 0 Å². The van der Waals surface area contributed by atoms with Crippen molar-refractivity contribution in [3.8, 4) is 5.75 Å². The van der Waals surface area contributed by atoms with E-state index in [-0.39, 0.29) is 11.8 Å². The van der Waals surface area contributed by atoms with Crippen LogP contribution in [-0.4, -0.2) is 59.9 Å². The number of piperazine rings is 1. The van der Waals surface area contributed by atoms with Crippen molar-refractivity contribution in [1.29, 1.82) is 0 Å². The Morgan fingerprint density at radius 2 is 1.57 bits per heavy atom. The van der Waals surface area contributed by atoms with Crippen molar-refractivity contribution in [3.63, 3.8) is 0 Å². The minimum absolute atomic E-state index is 0.00249. The number of amides is 2. The number of aromatic nitrogens is 1. The smallest absolute Gasteiger partial charge is 0.270 e. The Bertz CT molecular complexity index is 1020. The van der Waals surface area contributed by atoms with Crippen molar-refractivity contribution in [3.05, 3.63) is 64.3 Å². The third-order valence-corrected chi connectivity index (χ3v) is 5.53. The predicted octanol–water partition coefficient (Wildman–Crippen LogP) is 3.54. The molecule has 2 aromatic carbocycles. The fraction of sp³-hybridized carbons (Fsp3) is 0.238. The van der Waals surface area contributed by atoms with E-state index in [1.165, 1.54) is 0 Å². The van der Waals surface area contributed by atoms with Gasteiger partial charge in [-0.1, -0.05) is 15.9 Å². The first kappa shape index (κ1) is 18.6. The Morgan fingerprint density at radius 3 is 2.21 bits per heavy atom. The van der Waals surface area contributed by atoms with Gasteiger partial charge in [-0.15, -0.1) is 0 Å². The third-order valence-electron chi connectivity index (χ3n) is 5.00. The van der Waals surface area contributed by atoms with E-state index in [4.69, 9.17) is 4.74 Å². The van der Waals surface area contributed by atoms with Crippen molar-refractivity contribution >= 4 is 38.6 Å². The molecule has 1 aliphatic rings. The second-order valence-corrected chi connectivity index (χ2v) is 7.64. The van der Waals surface area contributed by atoms with Crippen molar-refractivity contribution in [2.75, 3.05) is 33.3 Å². The zero-order valence-corrected chi connectivity index (χ0v) is 17.0. The number of carbonyl (C=O) groups is 2. The van der Waals surface area contributed by atoms with Crippen molar-refractivity contribution in [2.24, 2.45) is 0 Å². The van der Waals surface area contributed by atoms with Gasteiger partial charge in [-0.2, -0.15) is 0 Å². The molecule has 1 aliphatic heterocycles. The van der Waals surface area contributed by atoms with Crippen LogP contribution in [0.25, 0.3) is 10.9 Å². The highest BCUT2D eigenvalue weighted by atomic mass is 79.9. The van der Waals surface area contributed by atoms with Crippen LogP contribution in [0.2, 0.25) is 0 Å². The van der Waals surface area contributed by atoms with Crippen molar-refractivity contribution in [1.82, 2.24) is 14.8 Å². The first-order chi connectivity index (χ1) is 13.5. The maximum absolute atomic E-state index is 12.9. The second-order valence-electron chi connectivity index (χ2n) is 6.73. The lowest BCUT2D eigenvalue weighted by Gasteiger charge is -2.34. The Balaban J connectivity index is 1.42. The van der Waals surface area contributed by atoms with E-state index in [9.17, 15) is 9.59 Å². The van der Waals surface area contributed by atoms with Crippen LogP contribution < -0.4 is 4.74 Å². The number of nitrogens with one attached hydrogen (secondary N) is 1. The molecule has 0 aliphatic carbocycles. The van der Waals surface area contributed by atoms with Crippen LogP contribution in [0.3, 0.4) is 0 Å². The first-order valence-corrected chi connectivity index (χ1v) is 9.85. The van der Waals surface area contributed by atoms with Gasteiger partial charge in [0, 0.05) is 47.1 Å². The summed E-state index contributed by atoms with van der Waals surface area (Å²) in [6.45, 7) is 2.07. The van der Waals surface area contributed by atoms with Crippen molar-refractivity contribution < 1.29 is 14.3 Å². The summed E-state index contributed by atoms with van der Waals surface area (Å²) in [6, 6.07) is 14.8. The average molecular weight is 442 g/mol. The number of H-pyrrole nitrogens is 1. The molecule has 2 heterocycles. The summed E-state index contributed by atoms with van der Waals surface area (Å²) in [7, 11) is 1.62. The molecule has 1 aromatic heterocycles. The molecule has 3 aromatic rings. The molecule has 1 N–H and O–H groups in total. The molecule has 7 heteroatoms. The molecule has 0 atom stereocenters. The van der Waals surface area contributed by atoms with E-state index in [2.05, 4.69) is 20.9 Å². The fourth-order valence-electron chi connectivity index (χ4n) is 3.41. The number of methoxy groups -OCH3 is 1. The van der Waals surface area contributed by atoms with Gasteiger partial charge in [0.25, 0.3) is 11.8 Å². The normalized spacial score (nSPS) is 14.4. The van der Waals surface area contributed by atoms with Crippen LogP contribution in [-0.2, 0) is 0 Å². The summed E-state index contributed by atoms with van der Waals surface area (Å²) in [5.41, 5.74) is 2.11. The number of benzene rings is 2. The van der Waals surface area contributed by atoms with E-state index in [0.717, 1.165) is 21.1 Å². The summed E-state index contributed by atoms with van der Waals surface area (Å²) >= 11 is 3.38. The number of carbonyl (C=O) groups excluding carboxylic acids is 2. The highest BCUT2D eigenvalue weighted by Crippen LogP contribution is 2.22. The summed E-state index contributed by atoms with van der Waals surface area (Å²) < 4.78 is 6.18. The van der Waals surface area contributed by atoms with Gasteiger partial charge in [0.15, 0.2) is 0 Å². The number of hydrogen-bond donors (Lipinski definition) is 1. The summed E-state index contributed by atoms with van der Waals surface area (Å²) in [6.07, 6.45) is 0. The molecule has 0 unspecified atom stereocenters. The van der Waals surface area contributed by atoms with E-state index < -0.39 is 0 Å². The molecule has 1 fully saturated rings. The third kappa shape index (κ3) is 3.62. The lowest BCUT2D eigenvalue weighted by atomic mass is 10.2. The molecular formula is C21H20BrN3O3. The van der Waals surface area contributed by atoms with Crippen LogP contribution in [0.15, 0.2) is 53.0 Å². The molecule has 2 amide bonds. The van der Waals surface area contributed by atoms with Crippen LogP contribution >= 0.6 is 15.9 Å². The Labute approximate surface area is 171 Å². The van der Waals surface area contributed by atoms with Crippen LogP contribution in [0.5, 0.6) is 5.75 Å². The van der Waals surface area contributed by atoms with Gasteiger partial charge in [0.05, 0.1) is 7.11 Å². The number of rotatable bonds is 3. The maximum Gasteiger partial charge on any atom is 0.270 e. The minimum atomic E-state index is -0.0501. The highest BCUT2D eigenvalue weighted by Gasteiger charge is 2.26. The van der Waals surface area contributed by atoms with Gasteiger partial charge in [-0.05, 0) is 48.5 Å². The molecule has 0 radical (unpaired) electrons. The van der Waals surface area contributed by atoms with Gasteiger partial charge in [0.1, 0.15) is 11.4 Å². The lowest BCUT2D eigenvalue weighted by molar-refractivity contribution is 0.0533. The number of hydrogen-bond acceptors (Lipinski definition) is 3. The van der Waals surface area contributed by atoms with E-state index in [0.29, 0.717) is 37.4 Å². The molecule has 6 nitrogen and oxygen atoms in total. The van der Waals surface area contributed by atoms with Gasteiger partial charge in [-0.25, -0.2) is 0 Å². The molecule has 144 valence electrons. The van der Waals surface area contributed by atoms with Crippen LogP contribution in [0, 0.1) is 0 Å². The van der Waals surface area contributed by atoms with E-state index in [1.54, 1.807) is 16.9 Å². The molecule has 0 spiro atoms. The Kier molecular flexibility index (Phi) is 5.09.